The molecular formula is C31H33F3N6O9. The molecule has 1 aromatic heterocycles. The quantitative estimate of drug-likeness (QED) is 0.0897. The molecule has 3 amide bonds. The predicted octanol–water partition coefficient (Wildman–Crippen LogP) is 1.02. The number of esters is 1. The summed E-state index contributed by atoms with van der Waals surface area (Å²) in [6, 6.07) is 12.4. The number of nitrogen functional groups attached to an aromatic ring is 1. The van der Waals surface area contributed by atoms with Crippen LogP contribution in [0.2, 0.25) is 0 Å². The minimum absolute atomic E-state index is 0.0196. The fraction of sp³-hybridized carbons (Fsp3) is 0.323. The lowest BCUT2D eigenvalue weighted by Crippen LogP contribution is -2.55. The summed E-state index contributed by atoms with van der Waals surface area (Å²) in [7, 11) is 1.18. The lowest BCUT2D eigenvalue weighted by atomic mass is 10.1. The molecule has 0 radical (unpaired) electrons. The third-order valence-electron chi connectivity index (χ3n) is 7.36. The highest BCUT2D eigenvalue weighted by Crippen LogP contribution is 2.20. The first-order valence-electron chi connectivity index (χ1n) is 14.5. The van der Waals surface area contributed by atoms with Crippen molar-refractivity contribution >= 4 is 52.4 Å². The number of amidine groups is 1. The molecule has 1 aliphatic rings. The van der Waals surface area contributed by atoms with Crippen LogP contribution in [-0.2, 0) is 46.5 Å². The fourth-order valence-electron chi connectivity index (χ4n) is 4.97. The molecule has 15 nitrogen and oxygen atoms in total. The Kier molecular flexibility index (Phi) is 12.4. The first-order chi connectivity index (χ1) is 23.0. The van der Waals surface area contributed by atoms with E-state index < -0.39 is 66.4 Å². The van der Waals surface area contributed by atoms with E-state index in [0.717, 1.165) is 15.8 Å². The molecule has 3 atom stereocenters. The van der Waals surface area contributed by atoms with Gasteiger partial charge < -0.3 is 40.8 Å². The van der Waals surface area contributed by atoms with Gasteiger partial charge in [-0.3, -0.25) is 24.6 Å². The van der Waals surface area contributed by atoms with Crippen molar-refractivity contribution in [1.82, 2.24) is 20.1 Å². The molecule has 49 heavy (non-hydrogen) atoms. The van der Waals surface area contributed by atoms with Crippen LogP contribution in [0.25, 0.3) is 10.9 Å². The third-order valence-corrected chi connectivity index (χ3v) is 7.36. The zero-order valence-corrected chi connectivity index (χ0v) is 25.9. The van der Waals surface area contributed by atoms with Crippen LogP contribution < -0.4 is 16.4 Å². The number of nitrogens with one attached hydrogen (secondary N) is 3. The van der Waals surface area contributed by atoms with Crippen LogP contribution in [0.4, 0.5) is 13.2 Å². The molecule has 0 aliphatic carbocycles. The van der Waals surface area contributed by atoms with E-state index in [0.29, 0.717) is 11.1 Å². The standard InChI is InChI=1S/C29H32N6O7.C2HF3O2/c1-42-29(41)21(16-34-12-10-18-4-2-3-5-22(18)34)33-27(39)23(15-25(37)38)35-13-11-20(28(35)40)32-24(36)14-17-6-8-19(9-7-17)26(30)31;3-2(4,5)1(6)7/h2-10,12,20-21,23H,11,13-16H2,1H3,(H3,30,31)(H,32,36)(H,33,39)(H,37,38);(H,6,7)/t20-,21-,23-;/m0./s1. The molecule has 0 bridgehead atoms. The van der Waals surface area contributed by atoms with Crippen molar-refractivity contribution in [2.75, 3.05) is 13.7 Å². The number of benzene rings is 2. The zero-order chi connectivity index (χ0) is 36.5. The number of alkyl halides is 3. The average Bonchev–Trinajstić information content (AvgIpc) is 3.61. The smallest absolute Gasteiger partial charge is 0.481 e. The molecule has 7 N–H and O–H groups in total. The summed E-state index contributed by atoms with van der Waals surface area (Å²) in [5, 5.41) is 30.3. The molecule has 1 saturated heterocycles. The Morgan fingerprint density at radius 2 is 1.69 bits per heavy atom. The summed E-state index contributed by atoms with van der Waals surface area (Å²) >= 11 is 0. The summed E-state index contributed by atoms with van der Waals surface area (Å²) in [6.07, 6.45) is -3.87. The maximum atomic E-state index is 13.4. The molecule has 2 heterocycles. The number of para-hydroxylation sites is 1. The zero-order valence-electron chi connectivity index (χ0n) is 25.9. The number of carboxylic acids is 2. The Bertz CT molecular complexity index is 1730. The van der Waals surface area contributed by atoms with Crippen LogP contribution in [0.3, 0.4) is 0 Å². The molecule has 18 heteroatoms. The number of likely N-dealkylation sites (tertiary alicyclic amines) is 1. The van der Waals surface area contributed by atoms with E-state index in [9.17, 15) is 42.3 Å². The Labute approximate surface area is 276 Å². The lowest BCUT2D eigenvalue weighted by Gasteiger charge is -2.28. The van der Waals surface area contributed by atoms with E-state index in [-0.39, 0.29) is 31.8 Å². The molecule has 4 rings (SSSR count). The van der Waals surface area contributed by atoms with Gasteiger partial charge in [-0.15, -0.1) is 0 Å². The van der Waals surface area contributed by atoms with Gasteiger partial charge in [-0.25, -0.2) is 9.59 Å². The monoisotopic (exact) mass is 690 g/mol. The SMILES string of the molecule is COC(=O)[C@H](Cn1ccc2ccccc21)NC(=O)[C@H](CC(=O)O)N1CC[C@H](NC(=O)Cc2ccc(C(=N)N)cc2)C1=O.O=C(O)C(F)(F)F. The van der Waals surface area contributed by atoms with Crippen LogP contribution in [0.5, 0.6) is 0 Å². The fourth-order valence-corrected chi connectivity index (χ4v) is 4.97. The number of carbonyl (C=O) groups is 6. The van der Waals surface area contributed by atoms with Crippen molar-refractivity contribution in [3.05, 3.63) is 71.9 Å². The Morgan fingerprint density at radius 3 is 2.27 bits per heavy atom. The van der Waals surface area contributed by atoms with Crippen molar-refractivity contribution in [3.63, 3.8) is 0 Å². The number of rotatable bonds is 12. The number of nitrogens with two attached hydrogens (primary N) is 1. The molecule has 1 fully saturated rings. The molecule has 2 aromatic carbocycles. The van der Waals surface area contributed by atoms with Crippen LogP contribution in [0.1, 0.15) is 24.0 Å². The van der Waals surface area contributed by atoms with Gasteiger partial charge in [0.1, 0.15) is 24.0 Å². The second-order valence-electron chi connectivity index (χ2n) is 10.8. The number of nitrogens with zero attached hydrogens (tertiary/aromatic N) is 2. The van der Waals surface area contributed by atoms with Gasteiger partial charge in [-0.1, -0.05) is 42.5 Å². The Balaban J connectivity index is 0.000000838. The number of methoxy groups -OCH3 is 1. The number of aliphatic carboxylic acids is 2. The van der Waals surface area contributed by atoms with Gasteiger partial charge in [0.25, 0.3) is 0 Å². The van der Waals surface area contributed by atoms with Crippen LogP contribution in [0.15, 0.2) is 60.8 Å². The summed E-state index contributed by atoms with van der Waals surface area (Å²) in [6.45, 7) is 0.0549. The number of carbonyl (C=O) groups excluding carboxylic acids is 4. The maximum Gasteiger partial charge on any atom is 0.490 e. The number of fused-ring (bicyclic) bond motifs is 1. The lowest BCUT2D eigenvalue weighted by molar-refractivity contribution is -0.192. The van der Waals surface area contributed by atoms with E-state index in [4.69, 9.17) is 25.8 Å². The van der Waals surface area contributed by atoms with Crippen LogP contribution >= 0.6 is 0 Å². The molecule has 3 aromatic rings. The van der Waals surface area contributed by atoms with Crippen LogP contribution in [-0.4, -0.2) is 99.1 Å². The van der Waals surface area contributed by atoms with Crippen molar-refractivity contribution < 1.29 is 56.9 Å². The van der Waals surface area contributed by atoms with Crippen molar-refractivity contribution in [2.24, 2.45) is 5.73 Å². The maximum absolute atomic E-state index is 13.4. The third kappa shape index (κ3) is 10.3. The Morgan fingerprint density at radius 1 is 1.06 bits per heavy atom. The van der Waals surface area contributed by atoms with E-state index in [1.807, 2.05) is 30.3 Å². The van der Waals surface area contributed by atoms with Gasteiger partial charge in [0.05, 0.1) is 26.5 Å². The second-order valence-corrected chi connectivity index (χ2v) is 10.8. The van der Waals surface area contributed by atoms with Gasteiger partial charge in [-0.2, -0.15) is 13.2 Å². The van der Waals surface area contributed by atoms with E-state index in [1.165, 1.54) is 7.11 Å². The highest BCUT2D eigenvalue weighted by Gasteiger charge is 2.41. The van der Waals surface area contributed by atoms with E-state index in [1.54, 1.807) is 35.0 Å². The van der Waals surface area contributed by atoms with Crippen LogP contribution in [0, 0.1) is 5.41 Å². The highest BCUT2D eigenvalue weighted by molar-refractivity contribution is 5.97. The molecule has 0 spiro atoms. The molecule has 0 saturated carbocycles. The summed E-state index contributed by atoms with van der Waals surface area (Å²) in [5.41, 5.74) is 7.43. The minimum atomic E-state index is -5.08. The van der Waals surface area contributed by atoms with E-state index >= 15 is 0 Å². The van der Waals surface area contributed by atoms with Gasteiger partial charge in [0.2, 0.25) is 17.7 Å². The summed E-state index contributed by atoms with van der Waals surface area (Å²) in [5.74, 6) is -6.75. The molecule has 0 unspecified atom stereocenters. The molecular weight excluding hydrogens is 657 g/mol. The first kappa shape index (κ1) is 37.5. The van der Waals surface area contributed by atoms with Gasteiger partial charge in [0, 0.05) is 23.8 Å². The first-order valence-corrected chi connectivity index (χ1v) is 14.5. The number of halogens is 3. The predicted molar refractivity (Wildman–Crippen MR) is 165 cm³/mol. The van der Waals surface area contributed by atoms with Crippen molar-refractivity contribution in [2.45, 2.75) is 50.1 Å². The topological polar surface area (TPSA) is 234 Å². The molecule has 262 valence electrons. The highest BCUT2D eigenvalue weighted by atomic mass is 19.4. The normalized spacial score (nSPS) is 15.4. The average molecular weight is 691 g/mol. The van der Waals surface area contributed by atoms with Gasteiger partial charge in [-0.05, 0) is 29.5 Å². The number of hydrogen-bond donors (Lipinski definition) is 6. The number of aromatic nitrogens is 1. The van der Waals surface area contributed by atoms with Crippen molar-refractivity contribution in [1.29, 1.82) is 5.41 Å². The van der Waals surface area contributed by atoms with Gasteiger partial charge in [0.15, 0.2) is 0 Å². The van der Waals surface area contributed by atoms with Gasteiger partial charge >= 0.3 is 24.1 Å². The Hall–Kier alpha value is -5.94. The number of carboxylic acid groups (broad SMARTS) is 2. The van der Waals surface area contributed by atoms with Crippen molar-refractivity contribution in [3.8, 4) is 0 Å². The largest absolute Gasteiger partial charge is 0.490 e. The number of hydrogen-bond acceptors (Lipinski definition) is 8. The minimum Gasteiger partial charge on any atom is -0.481 e. The summed E-state index contributed by atoms with van der Waals surface area (Å²) < 4.78 is 38.4. The summed E-state index contributed by atoms with van der Waals surface area (Å²) in [4.78, 5) is 73.6. The second kappa shape index (κ2) is 16.2. The van der Waals surface area contributed by atoms with E-state index in [2.05, 4.69) is 10.6 Å². The number of ether oxygens (including phenoxy) is 1. The molecule has 1 aliphatic heterocycles. The number of amides is 3.